The van der Waals surface area contributed by atoms with Crippen LogP contribution < -0.4 is 0 Å². The summed E-state index contributed by atoms with van der Waals surface area (Å²) in [5.74, 6) is 4.89. The van der Waals surface area contributed by atoms with Gasteiger partial charge >= 0.3 is 0 Å². The van der Waals surface area contributed by atoms with Crippen LogP contribution in [0.25, 0.3) is 0 Å². The number of hydrogen-bond acceptors (Lipinski definition) is 1. The van der Waals surface area contributed by atoms with Gasteiger partial charge in [0.15, 0.2) is 0 Å². The molecule has 0 spiro atoms. The predicted molar refractivity (Wildman–Crippen MR) is 150 cm³/mol. The maximum atomic E-state index is 9.66. The smallest absolute Gasteiger partial charge is 0.0781 e. The molecule has 0 bridgehead atoms. The Bertz CT molecular complexity index is 649. The van der Waals surface area contributed by atoms with Gasteiger partial charge < -0.3 is 19.0 Å². The molecule has 1 N–H and O–H groups in total. The molecule has 0 aromatic rings. The largest absolute Gasteiger partial charge is 0.516 e. The van der Waals surface area contributed by atoms with Crippen molar-refractivity contribution in [1.82, 2.24) is 0 Å². The number of rotatable bonds is 9. The first-order chi connectivity index (χ1) is 15.8. The number of allylic oxidation sites excluding steroid dienone is 2. The molecule has 4 aliphatic rings. The molecule has 7 unspecified atom stereocenters. The third-order valence-electron chi connectivity index (χ3n) is 10.3. The van der Waals surface area contributed by atoms with Crippen molar-refractivity contribution in [3.63, 3.8) is 0 Å². The zero-order valence-corrected chi connectivity index (χ0v) is 27.8. The second kappa shape index (κ2) is 14.9. The Balaban J connectivity index is 0.00000114. The van der Waals surface area contributed by atoms with Crippen LogP contribution in [0.5, 0.6) is 0 Å². The van der Waals surface area contributed by atoms with Gasteiger partial charge in [-0.2, -0.15) is 12.3 Å². The molecule has 35 heavy (non-hydrogen) atoms. The minimum absolute atomic E-state index is 0. The summed E-state index contributed by atoms with van der Waals surface area (Å²) in [5, 5.41) is 9.66. The fourth-order valence-corrected chi connectivity index (χ4v) is 8.20. The summed E-state index contributed by atoms with van der Waals surface area (Å²) in [6.07, 6.45) is 25.5. The fourth-order valence-electron chi connectivity index (χ4n) is 8.20. The van der Waals surface area contributed by atoms with Crippen molar-refractivity contribution in [2.45, 2.75) is 125 Å². The number of aliphatic hydroxyl groups is 1. The standard InChI is InChI=1S/C29H49O.C3H6.CH3.Hf/c1-7-10-23-13-15-25-26-16-14-24(12-9-8-11-21(2)3)28(26,5)18-17-27(25)29(23,6)19-22(4)20-30;1-2-3-1;;/h7,15,20-21,23-27,30H,1,8-14,16-19H2,2-6H3;1-3H2;1H3;/q-1;;-1;/b22-20-;;;. The second-order valence-corrected chi connectivity index (χ2v) is 13.2. The fraction of sp³-hybridized carbons (Fsp3) is 0.818. The SMILES string of the molecule is C1CC1.C=CCC1C[CH-]C2C3CCC(CCCCC(C)C)C3(C)CCC2C1(C)C/C(C)=C\O.[CH3-].[Hf]. The molecule has 0 aromatic carbocycles. The van der Waals surface area contributed by atoms with E-state index in [1.165, 1.54) is 83.3 Å². The maximum Gasteiger partial charge on any atom is 0.0781 e. The quantitative estimate of drug-likeness (QED) is 0.0867. The number of aliphatic hydroxyl groups excluding tert-OH is 1. The van der Waals surface area contributed by atoms with E-state index in [9.17, 15) is 5.11 Å². The zero-order chi connectivity index (χ0) is 24.1. The van der Waals surface area contributed by atoms with E-state index in [4.69, 9.17) is 0 Å². The van der Waals surface area contributed by atoms with Crippen molar-refractivity contribution in [2.75, 3.05) is 0 Å². The van der Waals surface area contributed by atoms with E-state index in [0.29, 0.717) is 11.3 Å². The monoisotopic (exact) mass is 650 g/mol. The first-order valence-corrected chi connectivity index (χ1v) is 14.5. The van der Waals surface area contributed by atoms with Crippen molar-refractivity contribution in [3.05, 3.63) is 38.3 Å². The van der Waals surface area contributed by atoms with Crippen LogP contribution in [0.2, 0.25) is 0 Å². The normalized spacial score (nSPS) is 37.7. The molecule has 4 fully saturated rings. The van der Waals surface area contributed by atoms with Gasteiger partial charge in [0.2, 0.25) is 0 Å². The summed E-state index contributed by atoms with van der Waals surface area (Å²) in [6.45, 7) is 16.1. The van der Waals surface area contributed by atoms with Gasteiger partial charge in [-0.1, -0.05) is 103 Å². The third kappa shape index (κ3) is 8.07. The summed E-state index contributed by atoms with van der Waals surface area (Å²) >= 11 is 0. The first-order valence-electron chi connectivity index (χ1n) is 14.5. The van der Waals surface area contributed by atoms with E-state index >= 15 is 0 Å². The predicted octanol–water partition coefficient (Wildman–Crippen LogP) is 10.5. The average molecular weight is 649 g/mol. The van der Waals surface area contributed by atoms with Gasteiger partial charge in [0.25, 0.3) is 0 Å². The Labute approximate surface area is 239 Å². The molecule has 0 saturated heterocycles. The molecular weight excluding hydrogens is 591 g/mol. The van der Waals surface area contributed by atoms with Gasteiger partial charge in [0, 0.05) is 25.8 Å². The van der Waals surface area contributed by atoms with E-state index in [0.717, 1.165) is 48.0 Å². The van der Waals surface area contributed by atoms with Gasteiger partial charge in [-0.25, -0.2) is 0 Å². The van der Waals surface area contributed by atoms with Gasteiger partial charge in [0.1, 0.15) is 0 Å². The summed E-state index contributed by atoms with van der Waals surface area (Å²) in [7, 11) is 0. The van der Waals surface area contributed by atoms with Crippen LogP contribution in [0.15, 0.2) is 24.5 Å². The van der Waals surface area contributed by atoms with E-state index in [-0.39, 0.29) is 38.7 Å². The number of fused-ring (bicyclic) bond motifs is 3. The number of hydrogen-bond donors (Lipinski definition) is 1. The summed E-state index contributed by atoms with van der Waals surface area (Å²) in [5.41, 5.74) is 1.99. The van der Waals surface area contributed by atoms with Crippen LogP contribution >= 0.6 is 0 Å². The van der Waals surface area contributed by atoms with Crippen molar-refractivity contribution in [2.24, 2.45) is 46.3 Å². The van der Waals surface area contributed by atoms with Crippen LogP contribution in [0.1, 0.15) is 125 Å². The molecule has 0 heterocycles. The van der Waals surface area contributed by atoms with Crippen LogP contribution in [0.3, 0.4) is 0 Å². The third-order valence-corrected chi connectivity index (χ3v) is 10.3. The van der Waals surface area contributed by atoms with Crippen molar-refractivity contribution >= 4 is 0 Å². The van der Waals surface area contributed by atoms with Gasteiger partial charge in [-0.05, 0) is 67.3 Å². The molecule has 4 saturated carbocycles. The molecule has 0 aliphatic heterocycles. The van der Waals surface area contributed by atoms with Gasteiger partial charge in [-0.3, -0.25) is 0 Å². The van der Waals surface area contributed by atoms with E-state index in [2.05, 4.69) is 53.7 Å². The van der Waals surface area contributed by atoms with Crippen LogP contribution in [0.4, 0.5) is 0 Å². The van der Waals surface area contributed by atoms with Gasteiger partial charge in [-0.15, -0.1) is 6.58 Å². The molecule has 0 amide bonds. The van der Waals surface area contributed by atoms with Crippen LogP contribution in [0, 0.1) is 60.2 Å². The Morgan fingerprint density at radius 1 is 1.06 bits per heavy atom. The van der Waals surface area contributed by atoms with Crippen LogP contribution in [-0.2, 0) is 25.8 Å². The molecule has 202 valence electrons. The second-order valence-electron chi connectivity index (χ2n) is 13.2. The Morgan fingerprint density at radius 2 is 1.74 bits per heavy atom. The topological polar surface area (TPSA) is 20.2 Å². The molecule has 7 atom stereocenters. The molecule has 1 nitrogen and oxygen atoms in total. The summed E-state index contributed by atoms with van der Waals surface area (Å²) in [4.78, 5) is 0. The van der Waals surface area contributed by atoms with Gasteiger partial charge in [0.05, 0.1) is 6.26 Å². The van der Waals surface area contributed by atoms with Crippen molar-refractivity contribution in [1.29, 1.82) is 0 Å². The number of unbranched alkanes of at least 4 members (excludes halogenated alkanes) is 1. The summed E-state index contributed by atoms with van der Waals surface area (Å²) < 4.78 is 0. The molecular formula is C33H58HfO-2. The minimum atomic E-state index is 0. The molecule has 2 heteroatoms. The molecule has 4 aliphatic carbocycles. The molecule has 0 aromatic heterocycles. The zero-order valence-electron chi connectivity index (χ0n) is 24.2. The Hall–Kier alpha value is 0.150. The minimum Gasteiger partial charge on any atom is -0.516 e. The Morgan fingerprint density at radius 3 is 2.31 bits per heavy atom. The van der Waals surface area contributed by atoms with E-state index < -0.39 is 0 Å². The van der Waals surface area contributed by atoms with E-state index in [1.807, 2.05) is 0 Å². The summed E-state index contributed by atoms with van der Waals surface area (Å²) in [6, 6.07) is 0. The average Bonchev–Trinajstić information content (AvgIpc) is 3.62. The van der Waals surface area contributed by atoms with Crippen molar-refractivity contribution in [3.8, 4) is 0 Å². The molecule has 4 rings (SSSR count). The van der Waals surface area contributed by atoms with Crippen molar-refractivity contribution < 1.29 is 30.9 Å². The maximum absolute atomic E-state index is 9.66. The molecule has 0 radical (unpaired) electrons. The Kier molecular flexibility index (Phi) is 14.1. The van der Waals surface area contributed by atoms with Crippen LogP contribution in [-0.4, -0.2) is 5.11 Å². The van der Waals surface area contributed by atoms with E-state index in [1.54, 1.807) is 0 Å². The first kappa shape index (κ1) is 33.2.